The quantitative estimate of drug-likeness (QED) is 0.203. The molecular formula is C43H26N4. The second kappa shape index (κ2) is 10.1. The molecule has 0 radical (unpaired) electrons. The summed E-state index contributed by atoms with van der Waals surface area (Å²) in [7, 11) is 0. The largest absolute Gasteiger partial charge is 0.278 e. The lowest BCUT2D eigenvalue weighted by atomic mass is 9.95. The van der Waals surface area contributed by atoms with E-state index in [1.165, 1.54) is 48.5 Å². The Morgan fingerprint density at radius 1 is 0.340 bits per heavy atom. The van der Waals surface area contributed by atoms with Crippen molar-refractivity contribution in [3.8, 4) is 28.7 Å². The van der Waals surface area contributed by atoms with Crippen molar-refractivity contribution in [3.05, 3.63) is 158 Å². The van der Waals surface area contributed by atoms with Gasteiger partial charge in [-0.05, 0) is 61.3 Å². The number of hydrogen-bond donors (Lipinski definition) is 0. The van der Waals surface area contributed by atoms with E-state index in [0.29, 0.717) is 17.6 Å². The molecule has 0 aliphatic carbocycles. The molecule has 0 aliphatic heterocycles. The normalized spacial score (nSPS) is 11.8. The highest BCUT2D eigenvalue weighted by Gasteiger charge is 2.21. The van der Waals surface area contributed by atoms with E-state index in [0.717, 1.165) is 27.5 Å². The number of rotatable bonds is 3. The first-order valence-electron chi connectivity index (χ1n) is 15.9. The molecule has 10 aromatic rings. The molecule has 10 rings (SSSR count). The van der Waals surface area contributed by atoms with Crippen LogP contribution in [-0.2, 0) is 0 Å². The number of aromatic nitrogens is 4. The standard InChI is InChI=1S/C43H26N4/c1-2-13-28(14-3-1)41-44-42(30-25-24-27-12-4-5-15-29(27)26-30)46-43(45-41)47-37-22-10-20-35-33-18-8-6-16-31(33)32-17-7-9-19-34(32)36-21-11-23-38(47)40(36)39(35)37/h1-26H. The van der Waals surface area contributed by atoms with Gasteiger partial charge in [-0.15, -0.1) is 0 Å². The fraction of sp³-hybridized carbons (Fsp3) is 0. The smallest absolute Gasteiger partial charge is 0.238 e. The zero-order chi connectivity index (χ0) is 30.9. The van der Waals surface area contributed by atoms with Crippen molar-refractivity contribution in [1.29, 1.82) is 0 Å². The summed E-state index contributed by atoms with van der Waals surface area (Å²) in [6, 6.07) is 55.7. The van der Waals surface area contributed by atoms with Crippen LogP contribution in [0, 0.1) is 0 Å². The Morgan fingerprint density at radius 3 is 1.45 bits per heavy atom. The molecule has 0 saturated carbocycles. The van der Waals surface area contributed by atoms with Gasteiger partial charge in [0.1, 0.15) is 0 Å². The lowest BCUT2D eigenvalue weighted by molar-refractivity contribution is 0.954. The minimum Gasteiger partial charge on any atom is -0.278 e. The molecule has 4 nitrogen and oxygen atoms in total. The topological polar surface area (TPSA) is 43.6 Å². The number of benzene rings is 7. The minimum atomic E-state index is 0.595. The molecule has 8 aromatic carbocycles. The van der Waals surface area contributed by atoms with E-state index in [1.807, 2.05) is 18.2 Å². The molecule has 2 aromatic heterocycles. The first-order valence-corrected chi connectivity index (χ1v) is 15.9. The Labute approximate surface area is 270 Å². The summed E-state index contributed by atoms with van der Waals surface area (Å²) in [6.45, 7) is 0. The van der Waals surface area contributed by atoms with Crippen LogP contribution in [0.3, 0.4) is 0 Å². The van der Waals surface area contributed by atoms with Crippen molar-refractivity contribution in [2.75, 3.05) is 0 Å². The molecule has 47 heavy (non-hydrogen) atoms. The monoisotopic (exact) mass is 598 g/mol. The van der Waals surface area contributed by atoms with Crippen LogP contribution in [0.25, 0.3) is 93.6 Å². The molecule has 0 fully saturated rings. The van der Waals surface area contributed by atoms with Gasteiger partial charge in [0.25, 0.3) is 0 Å². The summed E-state index contributed by atoms with van der Waals surface area (Å²) in [4.78, 5) is 15.5. The molecule has 0 aliphatic rings. The number of nitrogens with zero attached hydrogens (tertiary/aromatic N) is 4. The lowest BCUT2D eigenvalue weighted by Gasteiger charge is -2.11. The summed E-state index contributed by atoms with van der Waals surface area (Å²) >= 11 is 0. The minimum absolute atomic E-state index is 0.595. The Morgan fingerprint density at radius 2 is 0.830 bits per heavy atom. The highest BCUT2D eigenvalue weighted by Crippen LogP contribution is 2.42. The molecule has 0 amide bonds. The number of fused-ring (bicyclic) bond motifs is 6. The van der Waals surface area contributed by atoms with E-state index in [4.69, 9.17) is 15.0 Å². The van der Waals surface area contributed by atoms with Gasteiger partial charge in [-0.3, -0.25) is 4.57 Å². The van der Waals surface area contributed by atoms with Crippen LogP contribution in [0.4, 0.5) is 0 Å². The Kier molecular flexibility index (Phi) is 5.54. The summed E-state index contributed by atoms with van der Waals surface area (Å²) in [6.07, 6.45) is 0. The fourth-order valence-electron chi connectivity index (χ4n) is 7.32. The highest BCUT2D eigenvalue weighted by molar-refractivity contribution is 6.33. The van der Waals surface area contributed by atoms with Crippen molar-refractivity contribution in [3.63, 3.8) is 0 Å². The van der Waals surface area contributed by atoms with E-state index in [-0.39, 0.29) is 0 Å². The van der Waals surface area contributed by atoms with Crippen LogP contribution in [0.1, 0.15) is 0 Å². The highest BCUT2D eigenvalue weighted by atomic mass is 15.2. The third-order valence-electron chi connectivity index (χ3n) is 9.40. The predicted octanol–water partition coefficient (Wildman–Crippen LogP) is 10.9. The van der Waals surface area contributed by atoms with Crippen molar-refractivity contribution >= 4 is 64.9 Å². The first kappa shape index (κ1) is 25.9. The third-order valence-corrected chi connectivity index (χ3v) is 9.40. The van der Waals surface area contributed by atoms with Gasteiger partial charge in [-0.25, -0.2) is 4.98 Å². The Hall–Kier alpha value is -6.39. The maximum absolute atomic E-state index is 5.23. The summed E-state index contributed by atoms with van der Waals surface area (Å²) < 4.78 is 2.23. The van der Waals surface area contributed by atoms with E-state index < -0.39 is 0 Å². The molecule has 0 atom stereocenters. The maximum Gasteiger partial charge on any atom is 0.238 e. The molecule has 4 heteroatoms. The van der Waals surface area contributed by atoms with Crippen molar-refractivity contribution in [2.24, 2.45) is 0 Å². The molecule has 0 bridgehead atoms. The molecule has 0 saturated heterocycles. The van der Waals surface area contributed by atoms with Gasteiger partial charge in [0.2, 0.25) is 5.95 Å². The maximum atomic E-state index is 5.23. The summed E-state index contributed by atoms with van der Waals surface area (Å²) in [5.74, 6) is 1.88. The second-order valence-electron chi connectivity index (χ2n) is 12.0. The fourth-order valence-corrected chi connectivity index (χ4v) is 7.32. The summed E-state index contributed by atoms with van der Waals surface area (Å²) in [5, 5.41) is 12.0. The average Bonchev–Trinajstić information content (AvgIpc) is 3.49. The number of hydrogen-bond acceptors (Lipinski definition) is 3. The molecule has 218 valence electrons. The third kappa shape index (κ3) is 3.92. The van der Waals surface area contributed by atoms with Crippen LogP contribution in [-0.4, -0.2) is 19.5 Å². The molecule has 0 N–H and O–H groups in total. The van der Waals surface area contributed by atoms with E-state index in [2.05, 4.69) is 144 Å². The molecule has 0 unspecified atom stereocenters. The van der Waals surface area contributed by atoms with Crippen molar-refractivity contribution in [1.82, 2.24) is 19.5 Å². The van der Waals surface area contributed by atoms with Gasteiger partial charge in [0, 0.05) is 21.9 Å². The van der Waals surface area contributed by atoms with Gasteiger partial charge in [0.05, 0.1) is 11.0 Å². The first-order chi connectivity index (χ1) is 23.3. The molecular weight excluding hydrogens is 573 g/mol. The van der Waals surface area contributed by atoms with Crippen LogP contribution >= 0.6 is 0 Å². The van der Waals surface area contributed by atoms with Gasteiger partial charge in [-0.2, -0.15) is 9.97 Å². The molecule has 0 spiro atoms. The second-order valence-corrected chi connectivity index (χ2v) is 12.0. The van der Waals surface area contributed by atoms with Crippen LogP contribution in [0.15, 0.2) is 158 Å². The van der Waals surface area contributed by atoms with Gasteiger partial charge in [0.15, 0.2) is 11.6 Å². The van der Waals surface area contributed by atoms with E-state index >= 15 is 0 Å². The van der Waals surface area contributed by atoms with Gasteiger partial charge < -0.3 is 0 Å². The van der Waals surface area contributed by atoms with Crippen molar-refractivity contribution in [2.45, 2.75) is 0 Å². The predicted molar refractivity (Wildman–Crippen MR) is 195 cm³/mol. The Bertz CT molecular complexity index is 2740. The van der Waals surface area contributed by atoms with Crippen LogP contribution in [0.5, 0.6) is 0 Å². The zero-order valence-corrected chi connectivity index (χ0v) is 25.3. The average molecular weight is 599 g/mol. The zero-order valence-electron chi connectivity index (χ0n) is 25.3. The van der Waals surface area contributed by atoms with Gasteiger partial charge in [-0.1, -0.05) is 140 Å². The van der Waals surface area contributed by atoms with Gasteiger partial charge >= 0.3 is 0 Å². The lowest BCUT2D eigenvalue weighted by Crippen LogP contribution is -2.06. The molecule has 2 heterocycles. The van der Waals surface area contributed by atoms with E-state index in [9.17, 15) is 0 Å². The van der Waals surface area contributed by atoms with E-state index in [1.54, 1.807) is 0 Å². The SMILES string of the molecule is c1ccc(-c2nc(-c3ccc4ccccc4c3)nc(-n3c4cccc5c6ccccc6c6ccccc6c6cccc3c6c54)n2)cc1. The summed E-state index contributed by atoms with van der Waals surface area (Å²) in [5.41, 5.74) is 4.02. The van der Waals surface area contributed by atoms with Crippen molar-refractivity contribution < 1.29 is 0 Å². The Balaban J connectivity index is 1.37. The van der Waals surface area contributed by atoms with Crippen LogP contribution < -0.4 is 0 Å². The van der Waals surface area contributed by atoms with Crippen LogP contribution in [0.2, 0.25) is 0 Å².